The van der Waals surface area contributed by atoms with E-state index in [0.717, 1.165) is 50.9 Å². The number of alkyl carbamates (subject to hydrolysis) is 1. The van der Waals surface area contributed by atoms with Gasteiger partial charge in [-0.1, -0.05) is 30.3 Å². The van der Waals surface area contributed by atoms with Gasteiger partial charge < -0.3 is 20.1 Å². The lowest BCUT2D eigenvalue weighted by Gasteiger charge is -2.29. The summed E-state index contributed by atoms with van der Waals surface area (Å²) in [5.74, 6) is -0.852. The van der Waals surface area contributed by atoms with Gasteiger partial charge in [0, 0.05) is 6.54 Å². The minimum atomic E-state index is -0.673. The van der Waals surface area contributed by atoms with Crippen LogP contribution in [0, 0.1) is 5.92 Å². The summed E-state index contributed by atoms with van der Waals surface area (Å²) in [5.41, 5.74) is 0.970. The van der Waals surface area contributed by atoms with Gasteiger partial charge >= 0.3 is 12.1 Å². The first-order chi connectivity index (χ1) is 11.6. The van der Waals surface area contributed by atoms with E-state index >= 15 is 0 Å². The van der Waals surface area contributed by atoms with E-state index in [0.29, 0.717) is 6.54 Å². The Morgan fingerprint density at radius 3 is 2.54 bits per heavy atom. The van der Waals surface area contributed by atoms with Crippen LogP contribution in [0.25, 0.3) is 0 Å². The summed E-state index contributed by atoms with van der Waals surface area (Å²) >= 11 is 0. The number of amides is 1. The van der Waals surface area contributed by atoms with Crippen molar-refractivity contribution in [3.63, 3.8) is 0 Å². The normalized spacial score (nSPS) is 15.8. The van der Waals surface area contributed by atoms with E-state index in [1.165, 1.54) is 0 Å². The molecular formula is C18H26N2O4. The zero-order valence-electron chi connectivity index (χ0n) is 13.9. The van der Waals surface area contributed by atoms with Crippen LogP contribution in [0.1, 0.15) is 31.2 Å². The van der Waals surface area contributed by atoms with Gasteiger partial charge in [-0.15, -0.1) is 0 Å². The Morgan fingerprint density at radius 2 is 1.88 bits per heavy atom. The molecule has 2 N–H and O–H groups in total. The summed E-state index contributed by atoms with van der Waals surface area (Å²) < 4.78 is 5.14. The smallest absolute Gasteiger partial charge is 0.407 e. The van der Waals surface area contributed by atoms with Crippen molar-refractivity contribution in [1.82, 2.24) is 10.2 Å². The number of aliphatic carboxylic acids is 1. The van der Waals surface area contributed by atoms with Crippen molar-refractivity contribution in [1.29, 1.82) is 0 Å². The van der Waals surface area contributed by atoms with Crippen LogP contribution in [0.5, 0.6) is 0 Å². The molecule has 0 aliphatic carbocycles. The van der Waals surface area contributed by atoms with Crippen LogP contribution in [0.15, 0.2) is 30.3 Å². The molecule has 0 spiro atoms. The topological polar surface area (TPSA) is 78.9 Å². The molecule has 2 rings (SSSR count). The van der Waals surface area contributed by atoms with Crippen molar-refractivity contribution in [2.24, 2.45) is 5.92 Å². The number of likely N-dealkylation sites (tertiary alicyclic amines) is 1. The summed E-state index contributed by atoms with van der Waals surface area (Å²) in [6.45, 7) is 3.53. The molecule has 0 bridgehead atoms. The van der Waals surface area contributed by atoms with Crippen molar-refractivity contribution < 1.29 is 19.4 Å². The van der Waals surface area contributed by atoms with Gasteiger partial charge in [-0.3, -0.25) is 4.79 Å². The van der Waals surface area contributed by atoms with Gasteiger partial charge in [0.1, 0.15) is 6.61 Å². The zero-order valence-corrected chi connectivity index (χ0v) is 13.9. The van der Waals surface area contributed by atoms with E-state index in [4.69, 9.17) is 9.84 Å². The predicted molar refractivity (Wildman–Crippen MR) is 90.7 cm³/mol. The fraction of sp³-hybridized carbons (Fsp3) is 0.556. The van der Waals surface area contributed by atoms with E-state index in [-0.39, 0.29) is 18.6 Å². The molecule has 6 nitrogen and oxygen atoms in total. The maximum absolute atomic E-state index is 11.6. The largest absolute Gasteiger partial charge is 0.481 e. The predicted octanol–water partition coefficient (Wildman–Crippen LogP) is 2.49. The first-order valence-electron chi connectivity index (χ1n) is 8.55. The van der Waals surface area contributed by atoms with Crippen LogP contribution >= 0.6 is 0 Å². The Kier molecular flexibility index (Phi) is 7.55. The Balaban J connectivity index is 1.48. The number of nitrogens with zero attached hydrogens (tertiary/aromatic N) is 1. The highest BCUT2D eigenvalue weighted by molar-refractivity contribution is 5.70. The van der Waals surface area contributed by atoms with Crippen LogP contribution in [0.3, 0.4) is 0 Å². The Hall–Kier alpha value is -2.08. The first-order valence-corrected chi connectivity index (χ1v) is 8.55. The number of rotatable bonds is 8. The van der Waals surface area contributed by atoms with Gasteiger partial charge in [-0.25, -0.2) is 4.79 Å². The molecule has 0 atom stereocenters. The first kappa shape index (κ1) is 18.3. The molecule has 6 heteroatoms. The molecule has 1 fully saturated rings. The highest BCUT2D eigenvalue weighted by Crippen LogP contribution is 2.17. The second-order valence-electron chi connectivity index (χ2n) is 6.15. The number of ether oxygens (including phenoxy) is 1. The molecule has 132 valence electrons. The second kappa shape index (κ2) is 9.93. The van der Waals surface area contributed by atoms with Crippen molar-refractivity contribution in [3.05, 3.63) is 35.9 Å². The Morgan fingerprint density at radius 1 is 1.17 bits per heavy atom. The minimum absolute atomic E-state index is 0.178. The molecular weight excluding hydrogens is 308 g/mol. The quantitative estimate of drug-likeness (QED) is 0.714. The van der Waals surface area contributed by atoms with Crippen LogP contribution in [-0.4, -0.2) is 48.2 Å². The summed E-state index contributed by atoms with van der Waals surface area (Å²) in [5, 5.41) is 11.7. The highest BCUT2D eigenvalue weighted by Gasteiger charge is 2.23. The van der Waals surface area contributed by atoms with Crippen molar-refractivity contribution >= 4 is 12.1 Å². The molecule has 1 amide bonds. The number of carbonyl (C=O) groups is 2. The van der Waals surface area contributed by atoms with Gasteiger partial charge in [-0.05, 0) is 50.9 Å². The second-order valence-corrected chi connectivity index (χ2v) is 6.15. The van der Waals surface area contributed by atoms with E-state index < -0.39 is 5.97 Å². The third-order valence-electron chi connectivity index (χ3n) is 4.32. The highest BCUT2D eigenvalue weighted by atomic mass is 16.5. The molecule has 1 aliphatic heterocycles. The lowest BCUT2D eigenvalue weighted by atomic mass is 9.97. The molecule has 0 radical (unpaired) electrons. The number of nitrogens with one attached hydrogen (secondary N) is 1. The van der Waals surface area contributed by atoms with E-state index in [2.05, 4.69) is 10.2 Å². The van der Waals surface area contributed by atoms with Crippen LogP contribution in [0.4, 0.5) is 4.79 Å². The standard InChI is InChI=1S/C18H26N2O4/c21-17(22)16-8-12-20(13-9-16)11-5-4-10-19-18(23)24-14-15-6-2-1-3-7-15/h1-3,6-7,16H,4-5,8-14H2,(H,19,23)(H,21,22). The summed E-state index contributed by atoms with van der Waals surface area (Å²) in [6, 6.07) is 9.58. The van der Waals surface area contributed by atoms with Gasteiger partial charge in [0.2, 0.25) is 0 Å². The average molecular weight is 334 g/mol. The number of benzene rings is 1. The van der Waals surface area contributed by atoms with Crippen LogP contribution in [0.2, 0.25) is 0 Å². The number of carboxylic acids is 1. The van der Waals surface area contributed by atoms with E-state index in [1.807, 2.05) is 30.3 Å². The van der Waals surface area contributed by atoms with Crippen molar-refractivity contribution in [2.75, 3.05) is 26.2 Å². The monoisotopic (exact) mass is 334 g/mol. The van der Waals surface area contributed by atoms with Crippen molar-refractivity contribution in [3.8, 4) is 0 Å². The molecule has 24 heavy (non-hydrogen) atoms. The summed E-state index contributed by atoms with van der Waals surface area (Å²) in [4.78, 5) is 24.8. The van der Waals surface area contributed by atoms with Crippen LogP contribution in [-0.2, 0) is 16.1 Å². The number of unbranched alkanes of at least 4 members (excludes halogenated alkanes) is 1. The Bertz CT molecular complexity index is 513. The fourth-order valence-electron chi connectivity index (χ4n) is 2.83. The number of hydrogen-bond acceptors (Lipinski definition) is 4. The van der Waals surface area contributed by atoms with Crippen LogP contribution < -0.4 is 5.32 Å². The SMILES string of the molecule is O=C(NCCCCN1CCC(C(=O)O)CC1)OCc1ccccc1. The molecule has 0 saturated carbocycles. The molecule has 1 aromatic carbocycles. The summed E-state index contributed by atoms with van der Waals surface area (Å²) in [7, 11) is 0. The van der Waals surface area contributed by atoms with Gasteiger partial charge in [0.25, 0.3) is 0 Å². The lowest BCUT2D eigenvalue weighted by Crippen LogP contribution is -2.37. The molecule has 1 aromatic rings. The maximum Gasteiger partial charge on any atom is 0.407 e. The van der Waals surface area contributed by atoms with E-state index in [9.17, 15) is 9.59 Å². The third kappa shape index (κ3) is 6.58. The number of carbonyl (C=O) groups excluding carboxylic acids is 1. The summed E-state index contributed by atoms with van der Waals surface area (Å²) in [6.07, 6.45) is 2.95. The molecule has 1 aliphatic rings. The average Bonchev–Trinajstić information content (AvgIpc) is 2.61. The minimum Gasteiger partial charge on any atom is -0.481 e. The number of piperidine rings is 1. The van der Waals surface area contributed by atoms with Crippen molar-refractivity contribution in [2.45, 2.75) is 32.3 Å². The van der Waals surface area contributed by atoms with Gasteiger partial charge in [-0.2, -0.15) is 0 Å². The van der Waals surface area contributed by atoms with E-state index in [1.54, 1.807) is 0 Å². The Labute approximate surface area is 142 Å². The molecule has 0 unspecified atom stereocenters. The number of carboxylic acid groups (broad SMARTS) is 1. The van der Waals surface area contributed by atoms with Gasteiger partial charge in [0.05, 0.1) is 5.92 Å². The third-order valence-corrected chi connectivity index (χ3v) is 4.32. The van der Waals surface area contributed by atoms with Gasteiger partial charge in [0.15, 0.2) is 0 Å². The lowest BCUT2D eigenvalue weighted by molar-refractivity contribution is -0.143. The molecule has 0 aromatic heterocycles. The maximum atomic E-state index is 11.6. The molecule has 1 heterocycles. The zero-order chi connectivity index (χ0) is 17.2. The molecule has 1 saturated heterocycles. The number of hydrogen-bond donors (Lipinski definition) is 2. The fourth-order valence-corrected chi connectivity index (χ4v) is 2.83.